The highest BCUT2D eigenvalue weighted by atomic mass is 16.5. The Labute approximate surface area is 81.7 Å². The Hall–Kier alpha value is -0.940. The number of hydrogen-bond donors (Lipinski definition) is 1. The highest BCUT2D eigenvalue weighted by Crippen LogP contribution is 2.51. The Bertz CT molecular complexity index is 329. The zero-order valence-corrected chi connectivity index (χ0v) is 7.83. The van der Waals surface area contributed by atoms with E-state index >= 15 is 0 Å². The van der Waals surface area contributed by atoms with Crippen LogP contribution in [0.2, 0.25) is 0 Å². The molecule has 2 aliphatic rings. The van der Waals surface area contributed by atoms with Crippen molar-refractivity contribution in [2.45, 2.75) is 13.2 Å². The van der Waals surface area contributed by atoms with E-state index in [-0.39, 0.29) is 6.61 Å². The van der Waals surface area contributed by atoms with Crippen molar-refractivity contribution in [2.75, 3.05) is 13.2 Å². The number of hydrogen-bond acceptors (Lipinski definition) is 4. The Balaban J connectivity index is 1.68. The SMILES string of the molecule is OCc1nncn1CC1C2COCC21. The smallest absolute Gasteiger partial charge is 0.158 e. The lowest BCUT2D eigenvalue weighted by atomic mass is 10.3. The van der Waals surface area contributed by atoms with Gasteiger partial charge in [-0.05, 0) is 17.8 Å². The minimum Gasteiger partial charge on any atom is -0.388 e. The number of rotatable bonds is 3. The fourth-order valence-corrected chi connectivity index (χ4v) is 2.41. The van der Waals surface area contributed by atoms with Crippen LogP contribution in [0.4, 0.5) is 0 Å². The van der Waals surface area contributed by atoms with Gasteiger partial charge in [0, 0.05) is 6.54 Å². The summed E-state index contributed by atoms with van der Waals surface area (Å²) in [5.41, 5.74) is 0. The maximum atomic E-state index is 9.00. The molecule has 2 heterocycles. The first-order valence-corrected chi connectivity index (χ1v) is 4.95. The van der Waals surface area contributed by atoms with Crippen molar-refractivity contribution in [2.24, 2.45) is 17.8 Å². The Kier molecular flexibility index (Phi) is 1.81. The van der Waals surface area contributed by atoms with Gasteiger partial charge in [0.2, 0.25) is 0 Å². The maximum Gasteiger partial charge on any atom is 0.158 e. The zero-order valence-electron chi connectivity index (χ0n) is 7.83. The normalized spacial score (nSPS) is 34.5. The highest BCUT2D eigenvalue weighted by Gasteiger charge is 2.53. The predicted octanol–water partition coefficient (Wildman–Crippen LogP) is -0.337. The molecule has 14 heavy (non-hydrogen) atoms. The average Bonchev–Trinajstić information content (AvgIpc) is 2.62. The lowest BCUT2D eigenvalue weighted by Crippen LogP contribution is -2.09. The minimum absolute atomic E-state index is 0.0292. The van der Waals surface area contributed by atoms with Crippen molar-refractivity contribution >= 4 is 0 Å². The molecule has 1 saturated carbocycles. The first-order chi connectivity index (χ1) is 6.90. The fourth-order valence-electron chi connectivity index (χ4n) is 2.41. The summed E-state index contributed by atoms with van der Waals surface area (Å²) in [4.78, 5) is 0. The Morgan fingerprint density at radius 1 is 1.50 bits per heavy atom. The van der Waals surface area contributed by atoms with Crippen LogP contribution in [0.3, 0.4) is 0 Å². The molecule has 0 spiro atoms. The van der Waals surface area contributed by atoms with Gasteiger partial charge in [-0.25, -0.2) is 0 Å². The molecule has 3 rings (SSSR count). The third-order valence-electron chi connectivity index (χ3n) is 3.37. The molecule has 1 aliphatic carbocycles. The van der Waals surface area contributed by atoms with E-state index in [0.717, 1.165) is 31.6 Å². The molecule has 1 aromatic rings. The molecular formula is C9H13N3O2. The van der Waals surface area contributed by atoms with Crippen molar-refractivity contribution in [3.63, 3.8) is 0 Å². The van der Waals surface area contributed by atoms with E-state index < -0.39 is 0 Å². The van der Waals surface area contributed by atoms with Crippen molar-refractivity contribution in [3.05, 3.63) is 12.2 Å². The van der Waals surface area contributed by atoms with Gasteiger partial charge < -0.3 is 14.4 Å². The number of aliphatic hydroxyl groups is 1. The van der Waals surface area contributed by atoms with Crippen LogP contribution in [0, 0.1) is 17.8 Å². The third-order valence-corrected chi connectivity index (χ3v) is 3.37. The van der Waals surface area contributed by atoms with Crippen LogP contribution in [0.15, 0.2) is 6.33 Å². The van der Waals surface area contributed by atoms with Crippen LogP contribution < -0.4 is 0 Å². The van der Waals surface area contributed by atoms with E-state index in [1.807, 2.05) is 4.57 Å². The summed E-state index contributed by atoms with van der Waals surface area (Å²) < 4.78 is 7.27. The Morgan fingerprint density at radius 3 is 3.00 bits per heavy atom. The lowest BCUT2D eigenvalue weighted by molar-refractivity contribution is 0.147. The van der Waals surface area contributed by atoms with Gasteiger partial charge in [-0.2, -0.15) is 0 Å². The van der Waals surface area contributed by atoms with E-state index in [0.29, 0.717) is 11.7 Å². The van der Waals surface area contributed by atoms with Gasteiger partial charge in [-0.3, -0.25) is 0 Å². The van der Waals surface area contributed by atoms with Gasteiger partial charge in [0.05, 0.1) is 13.2 Å². The van der Waals surface area contributed by atoms with E-state index in [1.165, 1.54) is 0 Å². The monoisotopic (exact) mass is 195 g/mol. The van der Waals surface area contributed by atoms with Crippen LogP contribution in [-0.4, -0.2) is 33.1 Å². The zero-order chi connectivity index (χ0) is 9.54. The molecule has 2 atom stereocenters. The highest BCUT2D eigenvalue weighted by molar-refractivity contribution is 5.01. The van der Waals surface area contributed by atoms with Gasteiger partial charge in [-0.1, -0.05) is 0 Å². The van der Waals surface area contributed by atoms with Crippen LogP contribution >= 0.6 is 0 Å². The molecule has 0 radical (unpaired) electrons. The number of aliphatic hydroxyl groups excluding tert-OH is 1. The molecule has 0 amide bonds. The number of ether oxygens (including phenoxy) is 1. The molecule has 1 N–H and O–H groups in total. The predicted molar refractivity (Wildman–Crippen MR) is 47.2 cm³/mol. The second kappa shape index (κ2) is 3.03. The number of nitrogens with zero attached hydrogens (tertiary/aromatic N) is 3. The van der Waals surface area contributed by atoms with Gasteiger partial charge in [-0.15, -0.1) is 10.2 Å². The van der Waals surface area contributed by atoms with Crippen molar-refractivity contribution in [1.82, 2.24) is 14.8 Å². The van der Waals surface area contributed by atoms with E-state index in [2.05, 4.69) is 10.2 Å². The van der Waals surface area contributed by atoms with Crippen LogP contribution in [0.1, 0.15) is 5.82 Å². The standard InChI is InChI=1S/C9H13N3O2/c13-2-9-11-10-5-12(9)1-6-7-3-14-4-8(6)7/h5-8,13H,1-4H2. The summed E-state index contributed by atoms with van der Waals surface area (Å²) in [5.74, 6) is 2.86. The molecule has 0 aromatic carbocycles. The second-order valence-electron chi connectivity index (χ2n) is 4.09. The summed E-state index contributed by atoms with van der Waals surface area (Å²) in [6, 6.07) is 0. The quantitative estimate of drug-likeness (QED) is 0.717. The van der Waals surface area contributed by atoms with Crippen molar-refractivity contribution < 1.29 is 9.84 Å². The topological polar surface area (TPSA) is 60.2 Å². The van der Waals surface area contributed by atoms with E-state index in [1.54, 1.807) is 6.33 Å². The van der Waals surface area contributed by atoms with Crippen LogP contribution in [0.25, 0.3) is 0 Å². The van der Waals surface area contributed by atoms with E-state index in [9.17, 15) is 0 Å². The van der Waals surface area contributed by atoms with Gasteiger partial charge in [0.1, 0.15) is 12.9 Å². The number of aromatic nitrogens is 3. The molecule has 76 valence electrons. The van der Waals surface area contributed by atoms with Crippen molar-refractivity contribution in [3.8, 4) is 0 Å². The Morgan fingerprint density at radius 2 is 2.29 bits per heavy atom. The molecule has 2 fully saturated rings. The summed E-state index contributed by atoms with van der Waals surface area (Å²) in [5, 5.41) is 16.6. The molecule has 5 heteroatoms. The van der Waals surface area contributed by atoms with Gasteiger partial charge >= 0.3 is 0 Å². The first-order valence-electron chi connectivity index (χ1n) is 4.95. The van der Waals surface area contributed by atoms with Gasteiger partial charge in [0.15, 0.2) is 5.82 Å². The van der Waals surface area contributed by atoms with Gasteiger partial charge in [0.25, 0.3) is 0 Å². The second-order valence-corrected chi connectivity index (χ2v) is 4.09. The lowest BCUT2D eigenvalue weighted by Gasteiger charge is -2.06. The minimum atomic E-state index is -0.0292. The molecular weight excluding hydrogens is 182 g/mol. The number of fused-ring (bicyclic) bond motifs is 1. The molecule has 1 aromatic heterocycles. The fraction of sp³-hybridized carbons (Fsp3) is 0.778. The molecule has 1 saturated heterocycles. The van der Waals surface area contributed by atoms with Crippen LogP contribution in [0.5, 0.6) is 0 Å². The van der Waals surface area contributed by atoms with Crippen molar-refractivity contribution in [1.29, 1.82) is 0 Å². The maximum absolute atomic E-state index is 9.00. The largest absolute Gasteiger partial charge is 0.388 e. The summed E-state index contributed by atoms with van der Waals surface area (Å²) >= 11 is 0. The summed E-state index contributed by atoms with van der Waals surface area (Å²) in [6.45, 7) is 2.72. The van der Waals surface area contributed by atoms with Crippen LogP contribution in [-0.2, 0) is 17.9 Å². The molecule has 5 nitrogen and oxygen atoms in total. The molecule has 2 unspecified atom stereocenters. The average molecular weight is 195 g/mol. The summed E-state index contributed by atoms with van der Waals surface area (Å²) in [7, 11) is 0. The summed E-state index contributed by atoms with van der Waals surface area (Å²) in [6.07, 6.45) is 1.69. The first kappa shape index (κ1) is 8.38. The molecule has 1 aliphatic heterocycles. The third kappa shape index (κ3) is 1.16. The molecule has 0 bridgehead atoms. The van der Waals surface area contributed by atoms with E-state index in [4.69, 9.17) is 9.84 Å².